The Balaban J connectivity index is 2.45. The third-order valence-corrected chi connectivity index (χ3v) is 2.20. The van der Waals surface area contributed by atoms with Crippen molar-refractivity contribution < 1.29 is 19.1 Å². The van der Waals surface area contributed by atoms with E-state index in [-0.39, 0.29) is 11.5 Å². The van der Waals surface area contributed by atoms with Gasteiger partial charge in [0.05, 0.1) is 5.69 Å². The number of hydrogen-bond donors (Lipinski definition) is 0. The monoisotopic (exact) mass is 233 g/mol. The fourth-order valence-corrected chi connectivity index (χ4v) is 1.49. The Bertz CT molecular complexity index is 493. The highest BCUT2D eigenvalue weighted by Gasteiger charge is 2.19. The summed E-state index contributed by atoms with van der Waals surface area (Å²) in [5.41, 5.74) is 0.612. The average molecular weight is 233 g/mol. The van der Waals surface area contributed by atoms with Crippen molar-refractivity contribution in [2.75, 3.05) is 0 Å². The fraction of sp³-hybridized carbons (Fsp3) is 0.250. The van der Waals surface area contributed by atoms with Crippen LogP contribution in [0.2, 0.25) is 0 Å². The van der Waals surface area contributed by atoms with Gasteiger partial charge in [-0.3, -0.25) is 4.98 Å². The average Bonchev–Trinajstić information content (AvgIpc) is 2.29. The number of esters is 2. The van der Waals surface area contributed by atoms with Crippen molar-refractivity contribution >= 4 is 11.9 Å². The van der Waals surface area contributed by atoms with Gasteiger partial charge in [-0.25, -0.2) is 9.59 Å². The van der Waals surface area contributed by atoms with Crippen molar-refractivity contribution in [1.29, 1.82) is 0 Å². The van der Waals surface area contributed by atoms with Crippen LogP contribution in [0.4, 0.5) is 0 Å². The van der Waals surface area contributed by atoms with Crippen LogP contribution in [0, 0.1) is 0 Å². The van der Waals surface area contributed by atoms with E-state index in [9.17, 15) is 9.59 Å². The highest BCUT2D eigenvalue weighted by atomic mass is 16.6. The van der Waals surface area contributed by atoms with E-state index in [1.165, 1.54) is 12.3 Å². The zero-order valence-corrected chi connectivity index (χ0v) is 9.30. The number of hydrogen-bond acceptors (Lipinski definition) is 5. The van der Waals surface area contributed by atoms with Gasteiger partial charge in [-0.1, -0.05) is 13.3 Å². The number of carbonyl (C=O) groups is 2. The lowest BCUT2D eigenvalue weighted by atomic mass is 10.2. The molecular formula is C12H11NO4. The second-order valence-corrected chi connectivity index (χ2v) is 3.51. The molecule has 0 saturated carbocycles. The molecule has 88 valence electrons. The van der Waals surface area contributed by atoms with Crippen molar-refractivity contribution in [3.63, 3.8) is 0 Å². The fourth-order valence-electron chi connectivity index (χ4n) is 1.49. The van der Waals surface area contributed by atoms with Crippen molar-refractivity contribution in [3.8, 4) is 11.5 Å². The number of ether oxygens (including phenoxy) is 2. The largest absolute Gasteiger partial charge is 0.419 e. The van der Waals surface area contributed by atoms with E-state index in [4.69, 9.17) is 9.47 Å². The molecule has 0 aliphatic carbocycles. The van der Waals surface area contributed by atoms with Crippen molar-refractivity contribution in [2.24, 2.45) is 0 Å². The maximum absolute atomic E-state index is 11.4. The predicted molar refractivity (Wildman–Crippen MR) is 58.6 cm³/mol. The van der Waals surface area contributed by atoms with E-state index in [2.05, 4.69) is 4.98 Å². The van der Waals surface area contributed by atoms with Gasteiger partial charge in [-0.15, -0.1) is 0 Å². The second kappa shape index (κ2) is 4.78. The first kappa shape index (κ1) is 11.3. The van der Waals surface area contributed by atoms with E-state index in [0.29, 0.717) is 12.1 Å². The molecule has 17 heavy (non-hydrogen) atoms. The molecule has 0 aromatic carbocycles. The Morgan fingerprint density at radius 2 is 1.88 bits per heavy atom. The van der Waals surface area contributed by atoms with Crippen LogP contribution >= 0.6 is 0 Å². The van der Waals surface area contributed by atoms with E-state index < -0.39 is 11.9 Å². The molecule has 1 aromatic heterocycles. The Morgan fingerprint density at radius 3 is 2.59 bits per heavy atom. The Kier molecular flexibility index (Phi) is 3.18. The van der Waals surface area contributed by atoms with Crippen LogP contribution in [-0.4, -0.2) is 16.9 Å². The predicted octanol–water partition coefficient (Wildman–Crippen LogP) is 1.41. The Hall–Kier alpha value is -2.17. The van der Waals surface area contributed by atoms with Gasteiger partial charge < -0.3 is 9.47 Å². The van der Waals surface area contributed by atoms with Crippen LogP contribution in [0.3, 0.4) is 0 Å². The zero-order chi connectivity index (χ0) is 12.3. The second-order valence-electron chi connectivity index (χ2n) is 3.51. The molecule has 0 N–H and O–H groups in total. The van der Waals surface area contributed by atoms with Crippen LogP contribution in [0.15, 0.2) is 24.4 Å². The molecule has 2 heterocycles. The normalized spacial score (nSPS) is 16.3. The maximum atomic E-state index is 11.4. The topological polar surface area (TPSA) is 65.5 Å². The summed E-state index contributed by atoms with van der Waals surface area (Å²) < 4.78 is 10.1. The minimum absolute atomic E-state index is 0.228. The van der Waals surface area contributed by atoms with Crippen LogP contribution in [0.1, 0.15) is 19.0 Å². The maximum Gasteiger partial charge on any atom is 0.336 e. The molecular weight excluding hydrogens is 222 g/mol. The van der Waals surface area contributed by atoms with Gasteiger partial charge in [-0.2, -0.15) is 0 Å². The number of rotatable bonds is 2. The Morgan fingerprint density at radius 1 is 1.18 bits per heavy atom. The molecule has 0 atom stereocenters. The lowest BCUT2D eigenvalue weighted by Crippen LogP contribution is -2.15. The SMILES string of the molecule is CCCc1nccc2c1OC(=O)/C=C\C(=O)O2. The zero-order valence-electron chi connectivity index (χ0n) is 9.30. The molecule has 1 aliphatic rings. The quantitative estimate of drug-likeness (QED) is 0.722. The minimum Gasteiger partial charge on any atom is -0.419 e. The standard InChI is InChI=1S/C12H11NO4/c1-2-3-8-12-9(6-7-13-8)16-10(14)4-5-11(15)17-12/h4-7H,2-3H2,1H3/b5-4-. The molecule has 5 heteroatoms. The number of fused-ring (bicyclic) bond motifs is 1. The molecule has 0 radical (unpaired) electrons. The molecule has 0 spiro atoms. The van der Waals surface area contributed by atoms with Crippen molar-refractivity contribution in [2.45, 2.75) is 19.8 Å². The van der Waals surface area contributed by atoms with E-state index in [1.807, 2.05) is 6.92 Å². The first-order valence-electron chi connectivity index (χ1n) is 5.30. The third kappa shape index (κ3) is 2.50. The van der Waals surface area contributed by atoms with Crippen LogP contribution in [0.5, 0.6) is 11.5 Å². The molecule has 1 aliphatic heterocycles. The van der Waals surface area contributed by atoms with Gasteiger partial charge in [-0.05, 0) is 6.42 Å². The molecule has 2 rings (SSSR count). The summed E-state index contributed by atoms with van der Waals surface area (Å²) in [6, 6.07) is 1.50. The summed E-state index contributed by atoms with van der Waals surface area (Å²) in [5, 5.41) is 0. The lowest BCUT2D eigenvalue weighted by Gasteiger charge is -2.13. The van der Waals surface area contributed by atoms with Crippen molar-refractivity contribution in [1.82, 2.24) is 4.98 Å². The summed E-state index contributed by atoms with van der Waals surface area (Å²) >= 11 is 0. The molecule has 0 unspecified atom stereocenters. The molecule has 0 amide bonds. The van der Waals surface area contributed by atoms with Gasteiger partial charge in [0.15, 0.2) is 11.5 Å². The molecule has 0 saturated heterocycles. The molecule has 0 fully saturated rings. The van der Waals surface area contributed by atoms with Gasteiger partial charge in [0.1, 0.15) is 0 Å². The number of pyridine rings is 1. The first-order valence-corrected chi connectivity index (χ1v) is 5.30. The van der Waals surface area contributed by atoms with E-state index >= 15 is 0 Å². The van der Waals surface area contributed by atoms with Gasteiger partial charge in [0.25, 0.3) is 0 Å². The van der Waals surface area contributed by atoms with Crippen LogP contribution in [0.25, 0.3) is 0 Å². The van der Waals surface area contributed by atoms with E-state index in [1.54, 1.807) is 0 Å². The number of nitrogens with zero attached hydrogens (tertiary/aromatic N) is 1. The summed E-state index contributed by atoms with van der Waals surface area (Å²) in [7, 11) is 0. The van der Waals surface area contributed by atoms with Crippen LogP contribution < -0.4 is 9.47 Å². The van der Waals surface area contributed by atoms with Gasteiger partial charge >= 0.3 is 11.9 Å². The summed E-state index contributed by atoms with van der Waals surface area (Å²) in [4.78, 5) is 26.8. The highest BCUT2D eigenvalue weighted by molar-refractivity contribution is 5.95. The third-order valence-electron chi connectivity index (χ3n) is 2.20. The number of aromatic nitrogens is 1. The molecule has 0 bridgehead atoms. The highest BCUT2D eigenvalue weighted by Crippen LogP contribution is 2.31. The first-order chi connectivity index (χ1) is 8.20. The van der Waals surface area contributed by atoms with E-state index in [0.717, 1.165) is 18.6 Å². The number of carbonyl (C=O) groups excluding carboxylic acids is 2. The lowest BCUT2D eigenvalue weighted by molar-refractivity contribution is -0.133. The summed E-state index contributed by atoms with van der Waals surface area (Å²) in [6.45, 7) is 1.98. The Labute approximate surface area is 98.1 Å². The molecule has 5 nitrogen and oxygen atoms in total. The minimum atomic E-state index is -0.603. The van der Waals surface area contributed by atoms with Crippen molar-refractivity contribution in [3.05, 3.63) is 30.1 Å². The summed E-state index contributed by atoms with van der Waals surface area (Å²) in [6.07, 6.45) is 5.10. The molecule has 1 aromatic rings. The summed E-state index contributed by atoms with van der Waals surface area (Å²) in [5.74, 6) is -0.743. The van der Waals surface area contributed by atoms with Gasteiger partial charge in [0.2, 0.25) is 0 Å². The van der Waals surface area contributed by atoms with Gasteiger partial charge in [0, 0.05) is 24.4 Å². The van der Waals surface area contributed by atoms with Crippen LogP contribution in [-0.2, 0) is 16.0 Å². The smallest absolute Gasteiger partial charge is 0.336 e. The number of aryl methyl sites for hydroxylation is 1.